The molecule has 2 N–H and O–H groups in total. The highest BCUT2D eigenvalue weighted by Gasteiger charge is 2.33. The lowest BCUT2D eigenvalue weighted by Gasteiger charge is -2.17. The molecule has 6 heteroatoms. The van der Waals surface area contributed by atoms with Crippen molar-refractivity contribution in [1.82, 2.24) is 10.6 Å². The Morgan fingerprint density at radius 3 is 2.74 bits per heavy atom. The molecule has 19 heavy (non-hydrogen) atoms. The first-order chi connectivity index (χ1) is 9.11. The van der Waals surface area contributed by atoms with Gasteiger partial charge in [0.05, 0.1) is 0 Å². The van der Waals surface area contributed by atoms with E-state index in [9.17, 15) is 14.0 Å². The van der Waals surface area contributed by atoms with Crippen LogP contribution >= 0.6 is 0 Å². The van der Waals surface area contributed by atoms with Gasteiger partial charge in [0.1, 0.15) is 11.9 Å². The molecular weight excluding hydrogens is 249 g/mol. The van der Waals surface area contributed by atoms with Crippen LogP contribution in [-0.4, -0.2) is 31.1 Å². The zero-order valence-corrected chi connectivity index (χ0v) is 10.6. The van der Waals surface area contributed by atoms with Gasteiger partial charge >= 0.3 is 6.03 Å². The van der Waals surface area contributed by atoms with E-state index in [2.05, 4.69) is 10.6 Å². The molecule has 1 aliphatic rings. The minimum atomic E-state index is -0.517. The smallest absolute Gasteiger partial charge is 0.315 e. The maximum absolute atomic E-state index is 12.8. The lowest BCUT2D eigenvalue weighted by Crippen LogP contribution is -2.46. The predicted octanol–water partition coefficient (Wildman–Crippen LogP) is 1.25. The number of carbonyl (C=O) groups excluding carboxylic acids is 2. The summed E-state index contributed by atoms with van der Waals surface area (Å²) in [5, 5.41) is 5.21. The van der Waals surface area contributed by atoms with E-state index in [0.29, 0.717) is 25.2 Å². The zero-order chi connectivity index (χ0) is 13.8. The highest BCUT2D eigenvalue weighted by Crippen LogP contribution is 2.21. The van der Waals surface area contributed by atoms with Gasteiger partial charge in [-0.15, -0.1) is 0 Å². The van der Waals surface area contributed by atoms with Crippen molar-refractivity contribution in [2.45, 2.75) is 19.4 Å². The van der Waals surface area contributed by atoms with E-state index in [1.807, 2.05) is 0 Å². The Hall–Kier alpha value is -2.11. The van der Waals surface area contributed by atoms with Gasteiger partial charge in [-0.25, -0.2) is 9.18 Å². The number of halogens is 1. The topological polar surface area (TPSA) is 61.4 Å². The number of rotatable bonds is 3. The van der Waals surface area contributed by atoms with Crippen LogP contribution in [0.25, 0.3) is 0 Å². The van der Waals surface area contributed by atoms with Crippen molar-refractivity contribution in [2.75, 3.05) is 18.0 Å². The van der Waals surface area contributed by atoms with Crippen molar-refractivity contribution in [3.05, 3.63) is 30.1 Å². The fourth-order valence-corrected chi connectivity index (χ4v) is 2.06. The van der Waals surface area contributed by atoms with Crippen molar-refractivity contribution in [3.8, 4) is 0 Å². The second-order valence-corrected chi connectivity index (χ2v) is 4.31. The Labute approximate surface area is 110 Å². The maximum atomic E-state index is 12.8. The Morgan fingerprint density at radius 1 is 1.42 bits per heavy atom. The van der Waals surface area contributed by atoms with Crippen LogP contribution in [0.1, 0.15) is 13.3 Å². The highest BCUT2D eigenvalue weighted by atomic mass is 19.1. The molecule has 0 radical (unpaired) electrons. The van der Waals surface area contributed by atoms with Gasteiger partial charge in [-0.1, -0.05) is 0 Å². The molecule has 1 saturated heterocycles. The van der Waals surface area contributed by atoms with Gasteiger partial charge in [0, 0.05) is 18.8 Å². The molecule has 0 aliphatic carbocycles. The van der Waals surface area contributed by atoms with Gasteiger partial charge in [-0.05, 0) is 37.6 Å². The second kappa shape index (κ2) is 5.69. The minimum absolute atomic E-state index is 0.169. The Bertz CT molecular complexity index is 475. The molecule has 1 fully saturated rings. The van der Waals surface area contributed by atoms with E-state index in [1.54, 1.807) is 24.0 Å². The third kappa shape index (κ3) is 3.01. The quantitative estimate of drug-likeness (QED) is 0.864. The van der Waals surface area contributed by atoms with E-state index in [-0.39, 0.29) is 17.8 Å². The van der Waals surface area contributed by atoms with E-state index < -0.39 is 6.04 Å². The van der Waals surface area contributed by atoms with Crippen molar-refractivity contribution < 1.29 is 14.0 Å². The maximum Gasteiger partial charge on any atom is 0.315 e. The van der Waals surface area contributed by atoms with E-state index in [0.717, 1.165) is 0 Å². The summed E-state index contributed by atoms with van der Waals surface area (Å²) in [5.41, 5.74) is 0.645. The van der Waals surface area contributed by atoms with Crippen LogP contribution in [0.5, 0.6) is 0 Å². The summed E-state index contributed by atoms with van der Waals surface area (Å²) in [7, 11) is 0. The fourth-order valence-electron chi connectivity index (χ4n) is 2.06. The molecular formula is C13H16FN3O2. The molecule has 2 rings (SSSR count). The molecule has 1 aromatic carbocycles. The molecule has 5 nitrogen and oxygen atoms in total. The van der Waals surface area contributed by atoms with Crippen molar-refractivity contribution in [1.29, 1.82) is 0 Å². The summed E-state index contributed by atoms with van der Waals surface area (Å²) in [4.78, 5) is 25.1. The average Bonchev–Trinajstić information content (AvgIpc) is 2.73. The summed E-state index contributed by atoms with van der Waals surface area (Å²) < 4.78 is 12.8. The third-order valence-electron chi connectivity index (χ3n) is 2.99. The first kappa shape index (κ1) is 13.3. The lowest BCUT2D eigenvalue weighted by atomic mass is 10.2. The zero-order valence-electron chi connectivity index (χ0n) is 10.6. The Morgan fingerprint density at radius 2 is 2.11 bits per heavy atom. The molecule has 0 aromatic heterocycles. The molecule has 102 valence electrons. The number of hydrogen-bond acceptors (Lipinski definition) is 2. The molecule has 0 spiro atoms. The Balaban J connectivity index is 2.01. The van der Waals surface area contributed by atoms with Gasteiger partial charge in [-0.3, -0.25) is 4.79 Å². The molecule has 1 aliphatic heterocycles. The molecule has 1 unspecified atom stereocenters. The predicted molar refractivity (Wildman–Crippen MR) is 69.4 cm³/mol. The van der Waals surface area contributed by atoms with Gasteiger partial charge < -0.3 is 15.5 Å². The van der Waals surface area contributed by atoms with Crippen LogP contribution in [-0.2, 0) is 4.79 Å². The fraction of sp³-hybridized carbons (Fsp3) is 0.385. The summed E-state index contributed by atoms with van der Waals surface area (Å²) >= 11 is 0. The second-order valence-electron chi connectivity index (χ2n) is 4.31. The molecule has 0 bridgehead atoms. The van der Waals surface area contributed by atoms with Crippen molar-refractivity contribution in [2.24, 2.45) is 0 Å². The van der Waals surface area contributed by atoms with Crippen molar-refractivity contribution in [3.63, 3.8) is 0 Å². The van der Waals surface area contributed by atoms with Gasteiger partial charge in [0.15, 0.2) is 0 Å². The first-order valence-corrected chi connectivity index (χ1v) is 6.23. The van der Waals surface area contributed by atoms with Crippen molar-refractivity contribution >= 4 is 17.6 Å². The van der Waals surface area contributed by atoms with Crippen LogP contribution in [0.15, 0.2) is 24.3 Å². The molecule has 1 heterocycles. The van der Waals surface area contributed by atoms with E-state index >= 15 is 0 Å². The monoisotopic (exact) mass is 265 g/mol. The molecule has 0 saturated carbocycles. The molecule has 1 atom stereocenters. The van der Waals surface area contributed by atoms with Crippen LogP contribution in [0.4, 0.5) is 14.9 Å². The van der Waals surface area contributed by atoms with Crippen LogP contribution < -0.4 is 15.5 Å². The number of anilines is 1. The van der Waals surface area contributed by atoms with Gasteiger partial charge in [0.2, 0.25) is 5.91 Å². The number of urea groups is 1. The summed E-state index contributed by atoms with van der Waals surface area (Å²) in [5.74, 6) is -0.509. The van der Waals surface area contributed by atoms with Crippen LogP contribution in [0.2, 0.25) is 0 Å². The SMILES string of the molecule is CCNC(=O)NC1CCN(c2ccc(F)cc2)C1=O. The summed E-state index contributed by atoms with van der Waals surface area (Å²) in [6.45, 7) is 2.83. The first-order valence-electron chi connectivity index (χ1n) is 6.23. The number of nitrogens with one attached hydrogen (secondary N) is 2. The third-order valence-corrected chi connectivity index (χ3v) is 2.99. The standard InChI is InChI=1S/C13H16FN3O2/c1-2-15-13(19)16-11-7-8-17(12(11)18)10-5-3-9(14)4-6-10/h3-6,11H,2,7-8H2,1H3,(H2,15,16,19). The lowest BCUT2D eigenvalue weighted by molar-refractivity contribution is -0.118. The van der Waals surface area contributed by atoms with E-state index in [4.69, 9.17) is 0 Å². The molecule has 1 aromatic rings. The minimum Gasteiger partial charge on any atom is -0.338 e. The summed E-state index contributed by atoms with van der Waals surface area (Å²) in [6, 6.07) is 4.88. The summed E-state index contributed by atoms with van der Waals surface area (Å²) in [6.07, 6.45) is 0.549. The normalized spacial score (nSPS) is 18.5. The number of nitrogens with zero attached hydrogens (tertiary/aromatic N) is 1. The highest BCUT2D eigenvalue weighted by molar-refractivity contribution is 6.01. The van der Waals surface area contributed by atoms with Gasteiger partial charge in [-0.2, -0.15) is 0 Å². The number of hydrogen-bond donors (Lipinski definition) is 2. The van der Waals surface area contributed by atoms with Gasteiger partial charge in [0.25, 0.3) is 0 Å². The molecule has 3 amide bonds. The Kier molecular flexibility index (Phi) is 3.99. The van der Waals surface area contributed by atoms with Crippen LogP contribution in [0, 0.1) is 5.82 Å². The number of amides is 3. The average molecular weight is 265 g/mol. The van der Waals surface area contributed by atoms with E-state index in [1.165, 1.54) is 12.1 Å². The largest absolute Gasteiger partial charge is 0.338 e. The number of benzene rings is 1. The van der Waals surface area contributed by atoms with Crippen LogP contribution in [0.3, 0.4) is 0 Å². The number of carbonyl (C=O) groups is 2.